The van der Waals surface area contributed by atoms with Crippen LogP contribution in [0, 0.1) is 0 Å². The van der Waals surface area contributed by atoms with Gasteiger partial charge in [-0.05, 0) is 30.3 Å². The van der Waals surface area contributed by atoms with E-state index < -0.39 is 5.91 Å². The highest BCUT2D eigenvalue weighted by atomic mass is 35.5. The summed E-state index contributed by atoms with van der Waals surface area (Å²) in [5.74, 6) is 0.00258. The molecule has 0 atom stereocenters. The molecule has 1 amide bonds. The molecule has 0 unspecified atom stereocenters. The van der Waals surface area contributed by atoms with Gasteiger partial charge in [-0.25, -0.2) is 4.98 Å². The molecule has 0 bridgehead atoms. The minimum absolute atomic E-state index is 0.0268. The van der Waals surface area contributed by atoms with Gasteiger partial charge >= 0.3 is 0 Å². The summed E-state index contributed by atoms with van der Waals surface area (Å²) in [5.41, 5.74) is 7.82. The lowest BCUT2D eigenvalue weighted by molar-refractivity contribution is 0.0980. The Morgan fingerprint density at radius 3 is 2.59 bits per heavy atom. The molecular formula is C20H17ClN2O3S. The number of nitrogens with two attached hydrogens (primary N) is 1. The van der Waals surface area contributed by atoms with Crippen LogP contribution in [-0.4, -0.2) is 16.7 Å². The highest BCUT2D eigenvalue weighted by Gasteiger charge is 2.13. The summed E-state index contributed by atoms with van der Waals surface area (Å²) in [6.07, 6.45) is 0.374. The number of nitrogens with zero attached hydrogens (tertiary/aromatic N) is 1. The van der Waals surface area contributed by atoms with Crippen LogP contribution in [0.3, 0.4) is 0 Å². The zero-order valence-corrected chi connectivity index (χ0v) is 16.1. The number of hydrogen-bond donors (Lipinski definition) is 1. The van der Waals surface area contributed by atoms with E-state index in [-0.39, 0.29) is 12.4 Å². The number of hydrogen-bond acceptors (Lipinski definition) is 5. The number of ether oxygens (including phenoxy) is 1. The van der Waals surface area contributed by atoms with Crippen molar-refractivity contribution in [2.75, 3.05) is 0 Å². The molecular weight excluding hydrogens is 384 g/mol. The minimum atomic E-state index is -0.463. The highest BCUT2D eigenvalue weighted by molar-refractivity contribution is 7.13. The number of carbonyl (C=O) groups is 2. The van der Waals surface area contributed by atoms with Crippen LogP contribution in [0.25, 0.3) is 10.6 Å². The molecule has 2 N–H and O–H groups in total. The predicted molar refractivity (Wildman–Crippen MR) is 106 cm³/mol. The number of primary amides is 1. The zero-order chi connectivity index (χ0) is 19.4. The van der Waals surface area contributed by atoms with Gasteiger partial charge < -0.3 is 10.5 Å². The first-order valence-electron chi connectivity index (χ1n) is 8.28. The third kappa shape index (κ3) is 4.53. The number of amides is 1. The van der Waals surface area contributed by atoms with E-state index >= 15 is 0 Å². The molecule has 0 radical (unpaired) electrons. The Hall–Kier alpha value is -2.70. The number of rotatable bonds is 7. The van der Waals surface area contributed by atoms with Crippen molar-refractivity contribution in [3.05, 3.63) is 69.7 Å². The molecule has 1 heterocycles. The van der Waals surface area contributed by atoms with E-state index in [1.165, 1.54) is 11.3 Å². The largest absolute Gasteiger partial charge is 0.487 e. The third-order valence-electron chi connectivity index (χ3n) is 3.91. The lowest BCUT2D eigenvalue weighted by atomic mass is 10.1. The van der Waals surface area contributed by atoms with Gasteiger partial charge in [0.15, 0.2) is 5.78 Å². The van der Waals surface area contributed by atoms with E-state index in [4.69, 9.17) is 22.1 Å². The standard InChI is InChI=1S/C20H17ClN2O3S/c1-2-17(24)16-9-14(21)7-8-18(16)26-10-15-11-27-20(23-15)13-5-3-12(4-6-13)19(22)25/h3-9,11H,2,10H2,1H3,(H2,22,25). The molecule has 5 nitrogen and oxygen atoms in total. The van der Waals surface area contributed by atoms with Crippen molar-refractivity contribution in [2.45, 2.75) is 20.0 Å². The summed E-state index contributed by atoms with van der Waals surface area (Å²) in [5, 5.41) is 3.20. The summed E-state index contributed by atoms with van der Waals surface area (Å²) in [4.78, 5) is 27.8. The van der Waals surface area contributed by atoms with Gasteiger partial charge in [-0.1, -0.05) is 30.7 Å². The Morgan fingerprint density at radius 1 is 1.19 bits per heavy atom. The topological polar surface area (TPSA) is 82.3 Å². The molecule has 0 aliphatic heterocycles. The summed E-state index contributed by atoms with van der Waals surface area (Å²) < 4.78 is 5.80. The number of aromatic nitrogens is 1. The van der Waals surface area contributed by atoms with Crippen LogP contribution in [0.2, 0.25) is 5.02 Å². The molecule has 3 aromatic rings. The van der Waals surface area contributed by atoms with Crippen LogP contribution in [-0.2, 0) is 6.61 Å². The first-order chi connectivity index (χ1) is 13.0. The second-order valence-electron chi connectivity index (χ2n) is 5.79. The molecule has 0 aliphatic rings. The van der Waals surface area contributed by atoms with Crippen LogP contribution in [0.5, 0.6) is 5.75 Å². The molecule has 0 saturated carbocycles. The van der Waals surface area contributed by atoms with Gasteiger partial charge in [0, 0.05) is 28.0 Å². The van der Waals surface area contributed by atoms with Crippen LogP contribution in [0.4, 0.5) is 0 Å². The van der Waals surface area contributed by atoms with Gasteiger partial charge in [-0.15, -0.1) is 11.3 Å². The van der Waals surface area contributed by atoms with Gasteiger partial charge in [0.2, 0.25) is 5.91 Å². The second-order valence-corrected chi connectivity index (χ2v) is 7.09. The second kappa shape index (κ2) is 8.33. The smallest absolute Gasteiger partial charge is 0.248 e. The SMILES string of the molecule is CCC(=O)c1cc(Cl)ccc1OCc1csc(-c2ccc(C(N)=O)cc2)n1. The molecule has 2 aromatic carbocycles. The molecule has 0 aliphatic carbocycles. The normalized spacial score (nSPS) is 10.6. The van der Waals surface area contributed by atoms with Crippen molar-refractivity contribution in [3.8, 4) is 16.3 Å². The number of Topliss-reactive ketones (excluding diaryl/α,β-unsaturated/α-hetero) is 1. The Morgan fingerprint density at radius 2 is 1.93 bits per heavy atom. The average molecular weight is 401 g/mol. The Bertz CT molecular complexity index is 983. The lowest BCUT2D eigenvalue weighted by Gasteiger charge is -2.09. The quantitative estimate of drug-likeness (QED) is 0.581. The summed E-state index contributed by atoms with van der Waals surface area (Å²) in [6.45, 7) is 2.03. The van der Waals surface area contributed by atoms with E-state index in [1.54, 1.807) is 49.4 Å². The molecule has 138 valence electrons. The first kappa shape index (κ1) is 19.1. The van der Waals surface area contributed by atoms with Crippen LogP contribution in [0.1, 0.15) is 39.8 Å². The summed E-state index contributed by atoms with van der Waals surface area (Å²) in [7, 11) is 0. The van der Waals surface area contributed by atoms with Crippen molar-refractivity contribution in [1.29, 1.82) is 0 Å². The third-order valence-corrected chi connectivity index (χ3v) is 5.08. The number of thiazole rings is 1. The summed E-state index contributed by atoms with van der Waals surface area (Å²) in [6, 6.07) is 12.0. The molecule has 27 heavy (non-hydrogen) atoms. The van der Waals surface area contributed by atoms with Gasteiger partial charge in [0.05, 0.1) is 11.3 Å². The van der Waals surface area contributed by atoms with Gasteiger partial charge in [0.25, 0.3) is 0 Å². The highest BCUT2D eigenvalue weighted by Crippen LogP contribution is 2.27. The lowest BCUT2D eigenvalue weighted by Crippen LogP contribution is -2.10. The zero-order valence-electron chi connectivity index (χ0n) is 14.6. The number of carbonyl (C=O) groups excluding carboxylic acids is 2. The van der Waals surface area contributed by atoms with Gasteiger partial charge in [-0.2, -0.15) is 0 Å². The van der Waals surface area contributed by atoms with E-state index in [0.29, 0.717) is 28.3 Å². The molecule has 1 aromatic heterocycles. The monoisotopic (exact) mass is 400 g/mol. The van der Waals surface area contributed by atoms with Crippen LogP contribution >= 0.6 is 22.9 Å². The van der Waals surface area contributed by atoms with Crippen molar-refractivity contribution < 1.29 is 14.3 Å². The Labute approximate surface area is 165 Å². The maximum Gasteiger partial charge on any atom is 0.248 e. The molecule has 0 spiro atoms. The Kier molecular flexibility index (Phi) is 5.88. The fourth-order valence-corrected chi connectivity index (χ4v) is 3.45. The van der Waals surface area contributed by atoms with Crippen molar-refractivity contribution >= 4 is 34.6 Å². The van der Waals surface area contributed by atoms with Crippen LogP contribution in [0.15, 0.2) is 47.8 Å². The number of benzene rings is 2. The fourth-order valence-electron chi connectivity index (χ4n) is 2.47. The maximum absolute atomic E-state index is 12.1. The van der Waals surface area contributed by atoms with E-state index in [9.17, 15) is 9.59 Å². The Balaban J connectivity index is 1.73. The molecule has 0 fully saturated rings. The molecule has 7 heteroatoms. The van der Waals surface area contributed by atoms with Gasteiger partial charge in [0.1, 0.15) is 17.4 Å². The van der Waals surface area contributed by atoms with Crippen LogP contribution < -0.4 is 10.5 Å². The average Bonchev–Trinajstić information content (AvgIpc) is 3.15. The van der Waals surface area contributed by atoms with Crippen molar-refractivity contribution in [3.63, 3.8) is 0 Å². The maximum atomic E-state index is 12.1. The van der Waals surface area contributed by atoms with Crippen molar-refractivity contribution in [2.24, 2.45) is 5.73 Å². The fraction of sp³-hybridized carbons (Fsp3) is 0.150. The van der Waals surface area contributed by atoms with Gasteiger partial charge in [-0.3, -0.25) is 9.59 Å². The molecule has 3 rings (SSSR count). The number of ketones is 1. The molecule has 0 saturated heterocycles. The predicted octanol–water partition coefficient (Wildman–Crippen LogP) is 4.73. The van der Waals surface area contributed by atoms with E-state index in [1.807, 2.05) is 5.38 Å². The van der Waals surface area contributed by atoms with E-state index in [0.717, 1.165) is 16.3 Å². The van der Waals surface area contributed by atoms with E-state index in [2.05, 4.69) is 4.98 Å². The summed E-state index contributed by atoms with van der Waals surface area (Å²) >= 11 is 7.46. The van der Waals surface area contributed by atoms with Crippen molar-refractivity contribution in [1.82, 2.24) is 4.98 Å². The first-order valence-corrected chi connectivity index (χ1v) is 9.54. The minimum Gasteiger partial charge on any atom is -0.487 e. The number of halogens is 1.